The number of rotatable bonds is 6. The molecule has 0 radical (unpaired) electrons. The molecule has 0 amide bonds. The molecule has 1 aromatic carbocycles. The van der Waals surface area contributed by atoms with Gasteiger partial charge < -0.3 is 11.1 Å². The molecule has 96 valence electrons. The molecule has 2 nitrogen and oxygen atoms in total. The predicted molar refractivity (Wildman–Crippen MR) is 75.4 cm³/mol. The van der Waals surface area contributed by atoms with Crippen LogP contribution in [0.4, 0.5) is 0 Å². The molecular formula is C15H26N2. The van der Waals surface area contributed by atoms with Gasteiger partial charge in [-0.05, 0) is 64.8 Å². The zero-order valence-electron chi connectivity index (χ0n) is 11.6. The Kier molecular flexibility index (Phi) is 5.16. The fourth-order valence-corrected chi connectivity index (χ4v) is 1.83. The molecule has 17 heavy (non-hydrogen) atoms. The molecule has 0 atom stereocenters. The summed E-state index contributed by atoms with van der Waals surface area (Å²) in [4.78, 5) is 0. The quantitative estimate of drug-likeness (QED) is 0.742. The Labute approximate surface area is 106 Å². The van der Waals surface area contributed by atoms with E-state index in [4.69, 9.17) is 5.73 Å². The molecule has 2 heteroatoms. The van der Waals surface area contributed by atoms with Gasteiger partial charge in [0.2, 0.25) is 0 Å². The first-order valence-electron chi connectivity index (χ1n) is 6.44. The van der Waals surface area contributed by atoms with Gasteiger partial charge in [0, 0.05) is 5.54 Å². The highest BCUT2D eigenvalue weighted by atomic mass is 14.9. The van der Waals surface area contributed by atoms with Crippen LogP contribution in [0.5, 0.6) is 0 Å². The van der Waals surface area contributed by atoms with E-state index in [1.807, 2.05) is 0 Å². The van der Waals surface area contributed by atoms with Gasteiger partial charge in [0.1, 0.15) is 0 Å². The van der Waals surface area contributed by atoms with E-state index in [2.05, 4.69) is 51.2 Å². The lowest BCUT2D eigenvalue weighted by molar-refractivity contribution is 0.456. The van der Waals surface area contributed by atoms with Crippen molar-refractivity contribution in [1.29, 1.82) is 0 Å². The standard InChI is InChI=1S/C15H26N2/c1-12-5-6-13(2)14(11-12)7-9-17-10-8-15(3,4)16/h5-6,11,17H,7-10,16H2,1-4H3. The third-order valence-corrected chi connectivity index (χ3v) is 3.02. The largest absolute Gasteiger partial charge is 0.326 e. The van der Waals surface area contributed by atoms with E-state index in [9.17, 15) is 0 Å². The zero-order chi connectivity index (χ0) is 12.9. The van der Waals surface area contributed by atoms with Gasteiger partial charge in [0.15, 0.2) is 0 Å². The average molecular weight is 234 g/mol. The second-order valence-electron chi connectivity index (χ2n) is 5.67. The summed E-state index contributed by atoms with van der Waals surface area (Å²) in [5.74, 6) is 0. The normalized spacial score (nSPS) is 11.8. The summed E-state index contributed by atoms with van der Waals surface area (Å²) in [6.45, 7) is 10.5. The van der Waals surface area contributed by atoms with E-state index >= 15 is 0 Å². The van der Waals surface area contributed by atoms with Crippen LogP contribution in [0.15, 0.2) is 18.2 Å². The summed E-state index contributed by atoms with van der Waals surface area (Å²) in [5, 5.41) is 3.46. The molecule has 0 bridgehead atoms. The molecule has 0 spiro atoms. The van der Waals surface area contributed by atoms with Crippen LogP contribution < -0.4 is 11.1 Å². The van der Waals surface area contributed by atoms with Crippen molar-refractivity contribution in [2.24, 2.45) is 5.73 Å². The Morgan fingerprint density at radius 2 is 1.88 bits per heavy atom. The topological polar surface area (TPSA) is 38.0 Å². The fourth-order valence-electron chi connectivity index (χ4n) is 1.83. The van der Waals surface area contributed by atoms with Crippen LogP contribution in [0, 0.1) is 13.8 Å². The van der Waals surface area contributed by atoms with Crippen LogP contribution in [-0.4, -0.2) is 18.6 Å². The van der Waals surface area contributed by atoms with E-state index in [-0.39, 0.29) is 5.54 Å². The molecule has 0 aliphatic heterocycles. The molecule has 0 fully saturated rings. The first-order chi connectivity index (χ1) is 7.88. The highest BCUT2D eigenvalue weighted by molar-refractivity contribution is 5.30. The van der Waals surface area contributed by atoms with Crippen molar-refractivity contribution in [2.75, 3.05) is 13.1 Å². The minimum atomic E-state index is -0.0632. The van der Waals surface area contributed by atoms with Gasteiger partial charge in [-0.3, -0.25) is 0 Å². The smallest absolute Gasteiger partial charge is 0.0109 e. The van der Waals surface area contributed by atoms with Crippen LogP contribution in [0.2, 0.25) is 0 Å². The Morgan fingerprint density at radius 1 is 1.18 bits per heavy atom. The van der Waals surface area contributed by atoms with E-state index < -0.39 is 0 Å². The summed E-state index contributed by atoms with van der Waals surface area (Å²) in [7, 11) is 0. The van der Waals surface area contributed by atoms with E-state index in [1.165, 1.54) is 16.7 Å². The lowest BCUT2D eigenvalue weighted by Crippen LogP contribution is -2.36. The summed E-state index contributed by atoms with van der Waals surface area (Å²) < 4.78 is 0. The maximum absolute atomic E-state index is 5.93. The zero-order valence-corrected chi connectivity index (χ0v) is 11.6. The van der Waals surface area contributed by atoms with Crippen molar-refractivity contribution in [1.82, 2.24) is 5.32 Å². The minimum Gasteiger partial charge on any atom is -0.326 e. The summed E-state index contributed by atoms with van der Waals surface area (Å²) in [6, 6.07) is 6.65. The highest BCUT2D eigenvalue weighted by Crippen LogP contribution is 2.10. The lowest BCUT2D eigenvalue weighted by Gasteiger charge is -2.18. The van der Waals surface area contributed by atoms with Gasteiger partial charge in [-0.15, -0.1) is 0 Å². The highest BCUT2D eigenvalue weighted by Gasteiger charge is 2.08. The monoisotopic (exact) mass is 234 g/mol. The maximum atomic E-state index is 5.93. The molecule has 0 aromatic heterocycles. The Hall–Kier alpha value is -0.860. The van der Waals surface area contributed by atoms with E-state index in [1.54, 1.807) is 0 Å². The van der Waals surface area contributed by atoms with Crippen LogP contribution in [0.25, 0.3) is 0 Å². The van der Waals surface area contributed by atoms with Crippen LogP contribution >= 0.6 is 0 Å². The number of nitrogens with two attached hydrogens (primary N) is 1. The van der Waals surface area contributed by atoms with Gasteiger partial charge in [-0.1, -0.05) is 23.8 Å². The van der Waals surface area contributed by atoms with Crippen molar-refractivity contribution >= 4 is 0 Å². The molecular weight excluding hydrogens is 208 g/mol. The predicted octanol–water partition coefficient (Wildman–Crippen LogP) is 2.56. The number of hydrogen-bond acceptors (Lipinski definition) is 2. The number of nitrogens with one attached hydrogen (secondary N) is 1. The summed E-state index contributed by atoms with van der Waals surface area (Å²) >= 11 is 0. The minimum absolute atomic E-state index is 0.0632. The molecule has 1 aromatic rings. The maximum Gasteiger partial charge on any atom is 0.0109 e. The van der Waals surface area contributed by atoms with Crippen molar-refractivity contribution < 1.29 is 0 Å². The van der Waals surface area contributed by atoms with Crippen LogP contribution in [0.1, 0.15) is 37.0 Å². The third-order valence-electron chi connectivity index (χ3n) is 3.02. The lowest BCUT2D eigenvalue weighted by atomic mass is 10.0. The van der Waals surface area contributed by atoms with Gasteiger partial charge in [0.25, 0.3) is 0 Å². The first-order valence-corrected chi connectivity index (χ1v) is 6.44. The molecule has 0 saturated heterocycles. The third kappa shape index (κ3) is 5.85. The molecule has 0 unspecified atom stereocenters. The van der Waals surface area contributed by atoms with Crippen molar-refractivity contribution in [3.63, 3.8) is 0 Å². The Morgan fingerprint density at radius 3 is 2.53 bits per heavy atom. The van der Waals surface area contributed by atoms with Crippen molar-refractivity contribution in [3.8, 4) is 0 Å². The second kappa shape index (κ2) is 6.18. The molecule has 0 aliphatic rings. The second-order valence-corrected chi connectivity index (χ2v) is 5.67. The molecule has 0 saturated carbocycles. The van der Waals surface area contributed by atoms with Gasteiger partial charge in [0.05, 0.1) is 0 Å². The molecule has 0 heterocycles. The van der Waals surface area contributed by atoms with Crippen LogP contribution in [0.3, 0.4) is 0 Å². The van der Waals surface area contributed by atoms with Gasteiger partial charge in [-0.25, -0.2) is 0 Å². The number of benzene rings is 1. The molecule has 0 aliphatic carbocycles. The van der Waals surface area contributed by atoms with E-state index in [0.29, 0.717) is 0 Å². The first kappa shape index (κ1) is 14.2. The van der Waals surface area contributed by atoms with Gasteiger partial charge in [-0.2, -0.15) is 0 Å². The number of hydrogen-bond donors (Lipinski definition) is 2. The van der Waals surface area contributed by atoms with Gasteiger partial charge >= 0.3 is 0 Å². The SMILES string of the molecule is Cc1ccc(C)c(CCNCCC(C)(C)N)c1. The molecule has 3 N–H and O–H groups in total. The Balaban J connectivity index is 2.29. The summed E-state index contributed by atoms with van der Waals surface area (Å²) in [6.07, 6.45) is 2.11. The fraction of sp³-hybridized carbons (Fsp3) is 0.600. The average Bonchev–Trinajstić information content (AvgIpc) is 2.21. The van der Waals surface area contributed by atoms with Crippen molar-refractivity contribution in [3.05, 3.63) is 34.9 Å². The Bertz CT molecular complexity index is 350. The molecule has 1 rings (SSSR count). The van der Waals surface area contributed by atoms with Crippen LogP contribution in [-0.2, 0) is 6.42 Å². The van der Waals surface area contributed by atoms with Crippen molar-refractivity contribution in [2.45, 2.75) is 46.1 Å². The van der Waals surface area contributed by atoms with E-state index in [0.717, 1.165) is 25.9 Å². The summed E-state index contributed by atoms with van der Waals surface area (Å²) in [5.41, 5.74) is 10.0. The number of aryl methyl sites for hydroxylation is 2.